The Hall–Kier alpha value is -3.66. The van der Waals surface area contributed by atoms with E-state index < -0.39 is 17.7 Å². The van der Waals surface area contributed by atoms with Gasteiger partial charge in [-0.3, -0.25) is 4.79 Å². The molecule has 0 heterocycles. The smallest absolute Gasteiger partial charge is 0.340 e. The molecular weight excluding hydrogens is 361 g/mol. The third-order valence-corrected chi connectivity index (χ3v) is 3.70. The molecule has 0 saturated carbocycles. The highest BCUT2D eigenvalue weighted by atomic mass is 19.1. The molecule has 0 aliphatic heterocycles. The Labute approximate surface area is 162 Å². The zero-order valence-corrected chi connectivity index (χ0v) is 15.4. The fourth-order valence-electron chi connectivity index (χ4n) is 2.23. The van der Waals surface area contributed by atoms with Gasteiger partial charge in [-0.2, -0.15) is 5.26 Å². The van der Waals surface area contributed by atoms with Crippen LogP contribution in [0.15, 0.2) is 60.3 Å². The molecule has 0 saturated heterocycles. The molecule has 0 fully saturated rings. The predicted molar refractivity (Wildman–Crippen MR) is 104 cm³/mol. The van der Waals surface area contributed by atoms with Crippen LogP contribution in [0.2, 0.25) is 0 Å². The number of rotatable bonds is 8. The Bertz CT molecular complexity index is 919. The number of unbranched alkanes of at least 4 members (excludes halogenated alkanes) is 1. The Morgan fingerprint density at radius 2 is 2.00 bits per heavy atom. The molecular formula is C21H20FN3O3. The molecule has 2 rings (SSSR count). The van der Waals surface area contributed by atoms with Crippen molar-refractivity contribution in [3.05, 3.63) is 71.7 Å². The van der Waals surface area contributed by atoms with E-state index in [4.69, 9.17) is 4.74 Å². The third kappa shape index (κ3) is 5.95. The molecule has 6 nitrogen and oxygen atoms in total. The first kappa shape index (κ1) is 20.6. The van der Waals surface area contributed by atoms with Crippen molar-refractivity contribution in [3.8, 4) is 6.07 Å². The summed E-state index contributed by atoms with van der Waals surface area (Å²) in [5.41, 5.74) is 0.585. The Balaban J connectivity index is 2.11. The van der Waals surface area contributed by atoms with Crippen LogP contribution in [0.1, 0.15) is 30.1 Å². The van der Waals surface area contributed by atoms with Crippen molar-refractivity contribution in [2.45, 2.75) is 19.8 Å². The average molecular weight is 381 g/mol. The topological polar surface area (TPSA) is 91.2 Å². The van der Waals surface area contributed by atoms with Gasteiger partial charge in [0.25, 0.3) is 5.91 Å². The first-order valence-electron chi connectivity index (χ1n) is 8.75. The van der Waals surface area contributed by atoms with Gasteiger partial charge in [0.05, 0.1) is 17.9 Å². The third-order valence-electron chi connectivity index (χ3n) is 3.70. The number of carbonyl (C=O) groups excluding carboxylic acids is 2. The molecule has 0 bridgehead atoms. The largest absolute Gasteiger partial charge is 0.462 e. The lowest BCUT2D eigenvalue weighted by molar-refractivity contribution is -0.112. The van der Waals surface area contributed by atoms with Gasteiger partial charge < -0.3 is 15.4 Å². The monoisotopic (exact) mass is 381 g/mol. The van der Waals surface area contributed by atoms with E-state index in [2.05, 4.69) is 10.6 Å². The number of halogens is 1. The van der Waals surface area contributed by atoms with Crippen molar-refractivity contribution in [1.82, 2.24) is 0 Å². The minimum Gasteiger partial charge on any atom is -0.462 e. The minimum absolute atomic E-state index is 0.197. The highest BCUT2D eigenvalue weighted by Gasteiger charge is 2.16. The molecule has 1 amide bonds. The quantitative estimate of drug-likeness (QED) is 0.309. The summed E-state index contributed by atoms with van der Waals surface area (Å²) in [6.45, 7) is 2.27. The van der Waals surface area contributed by atoms with Gasteiger partial charge >= 0.3 is 5.97 Å². The summed E-state index contributed by atoms with van der Waals surface area (Å²) in [6.07, 6.45) is 2.81. The lowest BCUT2D eigenvalue weighted by Crippen LogP contribution is -2.18. The van der Waals surface area contributed by atoms with Gasteiger partial charge in [-0.1, -0.05) is 31.5 Å². The van der Waals surface area contributed by atoms with Gasteiger partial charge in [-0.05, 0) is 36.8 Å². The molecule has 2 N–H and O–H groups in total. The second-order valence-electron chi connectivity index (χ2n) is 5.81. The van der Waals surface area contributed by atoms with E-state index in [1.165, 1.54) is 30.5 Å². The molecule has 0 aliphatic carbocycles. The van der Waals surface area contributed by atoms with Gasteiger partial charge in [0.15, 0.2) is 0 Å². The first-order valence-corrected chi connectivity index (χ1v) is 8.75. The van der Waals surface area contributed by atoms with Crippen molar-refractivity contribution < 1.29 is 18.7 Å². The summed E-state index contributed by atoms with van der Waals surface area (Å²) in [7, 11) is 0. The molecule has 0 radical (unpaired) electrons. The molecule has 2 aromatic rings. The second kappa shape index (κ2) is 10.5. The minimum atomic E-state index is -0.708. The lowest BCUT2D eigenvalue weighted by Gasteiger charge is -2.10. The van der Waals surface area contributed by atoms with Crippen molar-refractivity contribution in [3.63, 3.8) is 0 Å². The Morgan fingerprint density at radius 3 is 2.71 bits per heavy atom. The summed E-state index contributed by atoms with van der Waals surface area (Å²) >= 11 is 0. The van der Waals surface area contributed by atoms with Crippen LogP contribution < -0.4 is 10.6 Å². The summed E-state index contributed by atoms with van der Waals surface area (Å²) in [6, 6.07) is 13.8. The SMILES string of the molecule is CCCCOC(=O)c1ccccc1NC(=O)/C(C#N)=C\Nc1cccc(F)c1. The summed E-state index contributed by atoms with van der Waals surface area (Å²) in [5, 5.41) is 14.5. The van der Waals surface area contributed by atoms with E-state index in [0.717, 1.165) is 12.8 Å². The van der Waals surface area contributed by atoms with Crippen LogP contribution >= 0.6 is 0 Å². The number of benzene rings is 2. The van der Waals surface area contributed by atoms with Crippen molar-refractivity contribution in [2.24, 2.45) is 0 Å². The van der Waals surface area contributed by atoms with E-state index in [-0.39, 0.29) is 16.8 Å². The molecule has 28 heavy (non-hydrogen) atoms. The van der Waals surface area contributed by atoms with Crippen LogP contribution in [0.3, 0.4) is 0 Å². The summed E-state index contributed by atoms with van der Waals surface area (Å²) in [5.74, 6) is -1.71. The van der Waals surface area contributed by atoms with E-state index in [0.29, 0.717) is 12.3 Å². The van der Waals surface area contributed by atoms with Crippen molar-refractivity contribution in [2.75, 3.05) is 17.2 Å². The molecule has 144 valence electrons. The molecule has 7 heteroatoms. The maximum atomic E-state index is 13.2. The molecule has 0 aromatic heterocycles. The van der Waals surface area contributed by atoms with Crippen LogP contribution in [0.25, 0.3) is 0 Å². The number of hydrogen-bond acceptors (Lipinski definition) is 5. The van der Waals surface area contributed by atoms with Gasteiger partial charge in [-0.25, -0.2) is 9.18 Å². The Kier molecular flexibility index (Phi) is 7.73. The summed E-state index contributed by atoms with van der Waals surface area (Å²) < 4.78 is 18.4. The van der Waals surface area contributed by atoms with Crippen LogP contribution in [0.5, 0.6) is 0 Å². The fourth-order valence-corrected chi connectivity index (χ4v) is 2.23. The summed E-state index contributed by atoms with van der Waals surface area (Å²) in [4.78, 5) is 24.6. The van der Waals surface area contributed by atoms with Crippen molar-refractivity contribution in [1.29, 1.82) is 5.26 Å². The number of esters is 1. The number of nitrogens with zero attached hydrogens (tertiary/aromatic N) is 1. The highest BCUT2D eigenvalue weighted by Crippen LogP contribution is 2.18. The first-order chi connectivity index (χ1) is 13.5. The number of nitrogens with one attached hydrogen (secondary N) is 2. The maximum absolute atomic E-state index is 13.2. The lowest BCUT2D eigenvalue weighted by atomic mass is 10.1. The number of hydrogen-bond donors (Lipinski definition) is 2. The molecule has 0 atom stereocenters. The van der Waals surface area contributed by atoms with Crippen LogP contribution in [-0.4, -0.2) is 18.5 Å². The second-order valence-corrected chi connectivity index (χ2v) is 5.81. The molecule has 0 spiro atoms. The average Bonchev–Trinajstić information content (AvgIpc) is 2.69. The number of anilines is 2. The van der Waals surface area contributed by atoms with Crippen LogP contribution in [0.4, 0.5) is 15.8 Å². The van der Waals surface area contributed by atoms with Crippen LogP contribution in [-0.2, 0) is 9.53 Å². The normalized spacial score (nSPS) is 10.7. The maximum Gasteiger partial charge on any atom is 0.340 e. The zero-order valence-electron chi connectivity index (χ0n) is 15.4. The van der Waals surface area contributed by atoms with Gasteiger partial charge in [0.2, 0.25) is 0 Å². The predicted octanol–water partition coefficient (Wildman–Crippen LogP) is 4.24. The number of carbonyl (C=O) groups is 2. The van der Waals surface area contributed by atoms with E-state index in [1.54, 1.807) is 30.3 Å². The van der Waals surface area contributed by atoms with Crippen LogP contribution in [0, 0.1) is 17.1 Å². The van der Waals surface area contributed by atoms with Gasteiger partial charge in [0, 0.05) is 11.9 Å². The number of para-hydroxylation sites is 1. The van der Waals surface area contributed by atoms with E-state index >= 15 is 0 Å². The molecule has 0 unspecified atom stereocenters. The Morgan fingerprint density at radius 1 is 1.21 bits per heavy atom. The number of ether oxygens (including phenoxy) is 1. The number of amides is 1. The van der Waals surface area contributed by atoms with Gasteiger partial charge in [0.1, 0.15) is 17.5 Å². The highest BCUT2D eigenvalue weighted by molar-refractivity contribution is 6.09. The van der Waals surface area contributed by atoms with E-state index in [1.807, 2.05) is 6.92 Å². The number of nitriles is 1. The fraction of sp³-hybridized carbons (Fsp3) is 0.190. The van der Waals surface area contributed by atoms with Crippen molar-refractivity contribution >= 4 is 23.3 Å². The van der Waals surface area contributed by atoms with Gasteiger partial charge in [-0.15, -0.1) is 0 Å². The molecule has 2 aromatic carbocycles. The van der Waals surface area contributed by atoms with E-state index in [9.17, 15) is 19.2 Å². The zero-order chi connectivity index (χ0) is 20.4. The molecule has 0 aliphatic rings. The standard InChI is InChI=1S/C21H20FN3O3/c1-2-3-11-28-21(27)18-9-4-5-10-19(18)25-20(26)15(13-23)14-24-17-8-6-7-16(22)12-17/h4-10,12,14,24H,2-3,11H2,1H3,(H,25,26)/b15-14-.